The van der Waals surface area contributed by atoms with Gasteiger partial charge in [-0.25, -0.2) is 0 Å². The number of nitrogens with zero attached hydrogens (tertiary/aromatic N) is 2. The topological polar surface area (TPSA) is 85.2 Å². The van der Waals surface area contributed by atoms with Gasteiger partial charge in [-0.05, 0) is 11.4 Å². The smallest absolute Gasteiger partial charge is 0.246 e. The monoisotopic (exact) mass is 211 g/mol. The predicted octanol–water partition coefficient (Wildman–Crippen LogP) is 0.790. The third kappa shape index (κ3) is 1.67. The van der Waals surface area contributed by atoms with E-state index in [0.29, 0.717) is 5.82 Å². The molecule has 2 aromatic heterocycles. The largest absolute Gasteiger partial charge is 0.394 e. The fourth-order valence-corrected chi connectivity index (χ4v) is 1.61. The van der Waals surface area contributed by atoms with E-state index >= 15 is 0 Å². The highest BCUT2D eigenvalue weighted by Crippen LogP contribution is 2.19. The molecule has 0 bridgehead atoms. The van der Waals surface area contributed by atoms with Gasteiger partial charge in [-0.1, -0.05) is 5.16 Å². The molecular weight excluding hydrogens is 202 g/mol. The van der Waals surface area contributed by atoms with Crippen LogP contribution in [0.4, 0.5) is 0 Å². The van der Waals surface area contributed by atoms with Crippen molar-refractivity contribution in [3.05, 3.63) is 22.7 Å². The van der Waals surface area contributed by atoms with Crippen LogP contribution in [0.5, 0.6) is 0 Å². The van der Waals surface area contributed by atoms with Gasteiger partial charge in [0.1, 0.15) is 6.04 Å². The second-order valence-electron chi connectivity index (χ2n) is 2.76. The van der Waals surface area contributed by atoms with E-state index < -0.39 is 6.04 Å². The van der Waals surface area contributed by atoms with E-state index in [1.165, 1.54) is 0 Å². The number of aliphatic hydroxyl groups is 1. The van der Waals surface area contributed by atoms with Gasteiger partial charge in [0.25, 0.3) is 0 Å². The molecule has 1 atom stereocenters. The zero-order valence-electron chi connectivity index (χ0n) is 7.25. The lowest BCUT2D eigenvalue weighted by atomic mass is 10.3. The molecular formula is C8H9N3O2S. The summed E-state index contributed by atoms with van der Waals surface area (Å²) in [6.07, 6.45) is 0. The highest BCUT2D eigenvalue weighted by molar-refractivity contribution is 7.08. The lowest BCUT2D eigenvalue weighted by molar-refractivity contribution is 0.237. The minimum Gasteiger partial charge on any atom is -0.394 e. The number of thiophene rings is 1. The van der Waals surface area contributed by atoms with Crippen LogP contribution in [0, 0.1) is 0 Å². The zero-order valence-corrected chi connectivity index (χ0v) is 8.07. The number of aliphatic hydroxyl groups excluding tert-OH is 1. The average Bonchev–Trinajstić information content (AvgIpc) is 2.86. The van der Waals surface area contributed by atoms with Crippen LogP contribution >= 0.6 is 11.3 Å². The Morgan fingerprint density at radius 2 is 2.50 bits per heavy atom. The molecule has 2 heterocycles. The molecule has 0 saturated carbocycles. The van der Waals surface area contributed by atoms with Crippen LogP contribution in [-0.4, -0.2) is 21.9 Å². The summed E-state index contributed by atoms with van der Waals surface area (Å²) in [6.45, 7) is -0.203. The molecule has 0 fully saturated rings. The van der Waals surface area contributed by atoms with Gasteiger partial charge in [0.15, 0.2) is 0 Å². The Bertz CT molecular complexity index is 398. The maximum atomic E-state index is 8.78. The number of aromatic nitrogens is 2. The second kappa shape index (κ2) is 3.87. The van der Waals surface area contributed by atoms with Crippen molar-refractivity contribution in [3.8, 4) is 11.4 Å². The van der Waals surface area contributed by atoms with E-state index in [2.05, 4.69) is 10.1 Å². The molecule has 3 N–H and O–H groups in total. The van der Waals surface area contributed by atoms with Crippen molar-refractivity contribution in [2.24, 2.45) is 5.73 Å². The number of hydrogen-bond donors (Lipinski definition) is 2. The van der Waals surface area contributed by atoms with Crippen molar-refractivity contribution in [2.45, 2.75) is 6.04 Å². The van der Waals surface area contributed by atoms with Crippen molar-refractivity contribution in [1.82, 2.24) is 10.1 Å². The van der Waals surface area contributed by atoms with Crippen molar-refractivity contribution < 1.29 is 9.63 Å². The first-order valence-electron chi connectivity index (χ1n) is 4.04. The van der Waals surface area contributed by atoms with Crippen LogP contribution < -0.4 is 5.73 Å². The van der Waals surface area contributed by atoms with Crippen molar-refractivity contribution in [2.75, 3.05) is 6.61 Å². The summed E-state index contributed by atoms with van der Waals surface area (Å²) >= 11 is 1.56. The van der Waals surface area contributed by atoms with Crippen LogP contribution in [0.1, 0.15) is 11.9 Å². The van der Waals surface area contributed by atoms with Crippen LogP contribution in [0.2, 0.25) is 0 Å². The number of nitrogens with two attached hydrogens (primary N) is 1. The molecule has 0 aliphatic heterocycles. The molecule has 0 aliphatic carbocycles. The lowest BCUT2D eigenvalue weighted by Crippen LogP contribution is -2.14. The van der Waals surface area contributed by atoms with E-state index in [1.807, 2.05) is 16.8 Å². The Hall–Kier alpha value is -1.24. The molecule has 5 nitrogen and oxygen atoms in total. The van der Waals surface area contributed by atoms with Gasteiger partial charge in [0.2, 0.25) is 11.7 Å². The summed E-state index contributed by atoms with van der Waals surface area (Å²) in [4.78, 5) is 4.07. The minimum absolute atomic E-state index is 0.203. The Kier molecular flexibility index (Phi) is 2.58. The molecule has 0 unspecified atom stereocenters. The van der Waals surface area contributed by atoms with Crippen LogP contribution in [-0.2, 0) is 0 Å². The molecule has 0 saturated heterocycles. The first-order valence-corrected chi connectivity index (χ1v) is 4.98. The second-order valence-corrected chi connectivity index (χ2v) is 3.54. The Morgan fingerprint density at radius 3 is 3.14 bits per heavy atom. The molecule has 0 amide bonds. The summed E-state index contributed by atoms with van der Waals surface area (Å²) in [5.74, 6) is 0.763. The fraction of sp³-hybridized carbons (Fsp3) is 0.250. The molecule has 2 rings (SSSR count). The molecule has 0 spiro atoms. The normalized spacial score (nSPS) is 13.0. The van der Waals surface area contributed by atoms with Crippen molar-refractivity contribution >= 4 is 11.3 Å². The summed E-state index contributed by atoms with van der Waals surface area (Å²) in [6, 6.07) is 1.29. The first kappa shape index (κ1) is 9.32. The third-order valence-electron chi connectivity index (χ3n) is 1.74. The molecule has 14 heavy (non-hydrogen) atoms. The van der Waals surface area contributed by atoms with E-state index in [0.717, 1.165) is 5.56 Å². The van der Waals surface area contributed by atoms with E-state index in [-0.39, 0.29) is 12.5 Å². The highest BCUT2D eigenvalue weighted by atomic mass is 32.1. The van der Waals surface area contributed by atoms with Gasteiger partial charge in [0, 0.05) is 10.9 Å². The molecule has 0 aromatic carbocycles. The summed E-state index contributed by atoms with van der Waals surface area (Å²) in [7, 11) is 0. The molecule has 74 valence electrons. The van der Waals surface area contributed by atoms with Gasteiger partial charge in [-0.15, -0.1) is 0 Å². The van der Waals surface area contributed by atoms with Gasteiger partial charge in [-0.3, -0.25) is 0 Å². The SMILES string of the molecule is N[C@@H](CO)c1nc(-c2ccsc2)no1. The maximum Gasteiger partial charge on any atom is 0.246 e. The van der Waals surface area contributed by atoms with Crippen LogP contribution in [0.15, 0.2) is 21.3 Å². The molecule has 6 heteroatoms. The summed E-state index contributed by atoms with van der Waals surface area (Å²) in [5.41, 5.74) is 6.42. The van der Waals surface area contributed by atoms with Gasteiger partial charge in [0.05, 0.1) is 6.61 Å². The average molecular weight is 211 g/mol. The third-order valence-corrected chi connectivity index (χ3v) is 2.42. The molecule has 0 aliphatic rings. The Labute approximate surface area is 84.2 Å². The molecule has 2 aromatic rings. The minimum atomic E-state index is -0.602. The number of rotatable bonds is 3. The van der Waals surface area contributed by atoms with E-state index in [9.17, 15) is 0 Å². The van der Waals surface area contributed by atoms with Gasteiger partial charge in [-0.2, -0.15) is 16.3 Å². The summed E-state index contributed by atoms with van der Waals surface area (Å²) < 4.78 is 4.90. The maximum absolute atomic E-state index is 8.78. The zero-order chi connectivity index (χ0) is 9.97. The fourth-order valence-electron chi connectivity index (χ4n) is 0.973. The van der Waals surface area contributed by atoms with Crippen molar-refractivity contribution in [1.29, 1.82) is 0 Å². The summed E-state index contributed by atoms with van der Waals surface area (Å²) in [5, 5.41) is 16.4. The van der Waals surface area contributed by atoms with Gasteiger partial charge < -0.3 is 15.4 Å². The quantitative estimate of drug-likeness (QED) is 0.784. The van der Waals surface area contributed by atoms with Crippen molar-refractivity contribution in [3.63, 3.8) is 0 Å². The van der Waals surface area contributed by atoms with Crippen LogP contribution in [0.25, 0.3) is 11.4 Å². The Balaban J connectivity index is 2.26. The van der Waals surface area contributed by atoms with Gasteiger partial charge >= 0.3 is 0 Å². The predicted molar refractivity (Wildman–Crippen MR) is 51.6 cm³/mol. The van der Waals surface area contributed by atoms with E-state index in [1.54, 1.807) is 11.3 Å². The Morgan fingerprint density at radius 1 is 1.64 bits per heavy atom. The first-order chi connectivity index (χ1) is 6.81. The van der Waals surface area contributed by atoms with E-state index in [4.69, 9.17) is 15.4 Å². The van der Waals surface area contributed by atoms with Crippen LogP contribution in [0.3, 0.4) is 0 Å². The number of hydrogen-bond acceptors (Lipinski definition) is 6. The highest BCUT2D eigenvalue weighted by Gasteiger charge is 2.14. The standard InChI is InChI=1S/C8H9N3O2S/c9-6(3-12)8-10-7(11-13-8)5-1-2-14-4-5/h1-2,4,6,12H,3,9H2/t6-/m0/s1. The lowest BCUT2D eigenvalue weighted by Gasteiger charge is -1.98. The molecule has 0 radical (unpaired) electrons.